The molecule has 0 saturated heterocycles. The van der Waals surface area contributed by atoms with Crippen LogP contribution in [0.2, 0.25) is 0 Å². The molecule has 2 nitrogen and oxygen atoms in total. The Bertz CT molecular complexity index is 1850. The molecule has 4 rings (SSSR count). The van der Waals surface area contributed by atoms with Gasteiger partial charge in [0.25, 0.3) is 0 Å². The van der Waals surface area contributed by atoms with Crippen LogP contribution >= 0.6 is 0 Å². The summed E-state index contributed by atoms with van der Waals surface area (Å²) in [6.07, 6.45) is -8.08. The minimum atomic E-state index is -5.39. The van der Waals surface area contributed by atoms with E-state index in [9.17, 15) is 43.9 Å². The Morgan fingerprint density at radius 1 is 0.681 bits per heavy atom. The van der Waals surface area contributed by atoms with Crippen molar-refractivity contribution in [2.24, 2.45) is 0 Å². The molecular formula is C33H18F12O2. The van der Waals surface area contributed by atoms with Crippen LogP contribution in [-0.2, 0) is 12.5 Å². The molecule has 0 aliphatic carbocycles. The van der Waals surface area contributed by atoms with Crippen LogP contribution in [0.1, 0.15) is 34.2 Å². The number of benzene rings is 4. The topological polar surface area (TPSA) is 18.5 Å². The molecule has 47 heavy (non-hydrogen) atoms. The van der Waals surface area contributed by atoms with E-state index in [0.717, 1.165) is 25.1 Å². The first-order chi connectivity index (χ1) is 21.9. The summed E-state index contributed by atoms with van der Waals surface area (Å²) < 4.78 is 177. The third-order valence-electron chi connectivity index (χ3n) is 6.42. The molecule has 246 valence electrons. The van der Waals surface area contributed by atoms with Crippen molar-refractivity contribution in [2.45, 2.75) is 32.2 Å². The predicted octanol–water partition coefficient (Wildman–Crippen LogP) is 10.2. The number of halogens is 12. The Morgan fingerprint density at radius 3 is 1.79 bits per heavy atom. The first kappa shape index (κ1) is 34.8. The largest absolute Gasteiger partial charge is 0.573 e. The number of allylic oxidation sites excluding steroid dienone is 1. The molecule has 4 aromatic rings. The molecule has 0 aliphatic heterocycles. The van der Waals surface area contributed by atoms with Crippen molar-refractivity contribution in [3.63, 3.8) is 0 Å². The third kappa shape index (κ3) is 8.03. The lowest BCUT2D eigenvalue weighted by molar-refractivity contribution is -0.276. The average Bonchev–Trinajstić information content (AvgIpc) is 2.93. The molecule has 4 aromatic carbocycles. The Morgan fingerprint density at radius 2 is 1.26 bits per heavy atom. The fourth-order valence-corrected chi connectivity index (χ4v) is 4.35. The van der Waals surface area contributed by atoms with Gasteiger partial charge in [-0.15, -0.1) is 19.8 Å². The van der Waals surface area contributed by atoms with Crippen molar-refractivity contribution in [3.8, 4) is 34.5 Å². The van der Waals surface area contributed by atoms with E-state index in [1.54, 1.807) is 0 Å². The zero-order valence-electron chi connectivity index (χ0n) is 23.7. The average molecular weight is 674 g/mol. The normalized spacial score (nSPS) is 11.6. The summed E-state index contributed by atoms with van der Waals surface area (Å²) in [5.41, 5.74) is -4.68. The molecular weight excluding hydrogens is 656 g/mol. The van der Waals surface area contributed by atoms with Crippen molar-refractivity contribution >= 4 is 0 Å². The van der Waals surface area contributed by atoms with Crippen LogP contribution in [0.4, 0.5) is 52.7 Å². The Hall–Kier alpha value is -5.06. The highest BCUT2D eigenvalue weighted by molar-refractivity contribution is 5.66. The van der Waals surface area contributed by atoms with Gasteiger partial charge >= 0.3 is 12.5 Å². The Kier molecular flexibility index (Phi) is 9.89. The van der Waals surface area contributed by atoms with Crippen LogP contribution in [0.3, 0.4) is 0 Å². The number of aryl methyl sites for hydroxylation is 2. The highest BCUT2D eigenvalue weighted by atomic mass is 19.4. The zero-order valence-corrected chi connectivity index (χ0v) is 23.7. The molecule has 14 heteroatoms. The molecule has 0 radical (unpaired) electrons. The van der Waals surface area contributed by atoms with Crippen LogP contribution in [0.25, 0.3) is 11.1 Å². The standard InChI is InChI=1S/C33H18F12O2/c1-3-4-5-17-9-22(35)29(23(36)10-17)20-13-24(37)30(25(38)14-20)32(41,42)46-28-15-21(34)19(8-16(28)2)7-6-18-11-26(39)31(27(40)12-18)47-33(43,44)45/h3,8-15H,1,4-5H2,2H3. The second-order valence-electron chi connectivity index (χ2n) is 9.86. The van der Waals surface area contributed by atoms with Gasteiger partial charge in [0.1, 0.15) is 40.4 Å². The van der Waals surface area contributed by atoms with Crippen LogP contribution in [0, 0.1) is 59.5 Å². The van der Waals surface area contributed by atoms with E-state index in [1.807, 2.05) is 0 Å². The smallest absolute Gasteiger partial charge is 0.428 e. The highest BCUT2D eigenvalue weighted by Crippen LogP contribution is 2.39. The number of hydrogen-bond donors (Lipinski definition) is 0. The zero-order chi connectivity index (χ0) is 34.8. The van der Waals surface area contributed by atoms with Gasteiger partial charge < -0.3 is 9.47 Å². The monoisotopic (exact) mass is 674 g/mol. The summed E-state index contributed by atoms with van der Waals surface area (Å²) in [6, 6.07) is 4.36. The van der Waals surface area contributed by atoms with Crippen LogP contribution < -0.4 is 9.47 Å². The fraction of sp³-hybridized carbons (Fsp3) is 0.152. The predicted molar refractivity (Wildman–Crippen MR) is 145 cm³/mol. The number of alkyl halides is 5. The van der Waals surface area contributed by atoms with E-state index in [0.29, 0.717) is 24.6 Å². The van der Waals surface area contributed by atoms with Crippen molar-refractivity contribution in [1.82, 2.24) is 0 Å². The van der Waals surface area contributed by atoms with E-state index in [1.165, 1.54) is 6.08 Å². The van der Waals surface area contributed by atoms with E-state index in [-0.39, 0.29) is 29.7 Å². The van der Waals surface area contributed by atoms with Crippen molar-refractivity contribution in [3.05, 3.63) is 130 Å². The molecule has 0 saturated carbocycles. The first-order valence-electron chi connectivity index (χ1n) is 13.1. The summed E-state index contributed by atoms with van der Waals surface area (Å²) in [5.74, 6) is -9.60. The van der Waals surface area contributed by atoms with E-state index in [2.05, 4.69) is 27.9 Å². The maximum atomic E-state index is 15.1. The van der Waals surface area contributed by atoms with Gasteiger partial charge in [-0.1, -0.05) is 17.9 Å². The van der Waals surface area contributed by atoms with Gasteiger partial charge in [0.15, 0.2) is 11.6 Å². The second kappa shape index (κ2) is 13.4. The van der Waals surface area contributed by atoms with Crippen molar-refractivity contribution < 1.29 is 62.2 Å². The number of hydrogen-bond acceptors (Lipinski definition) is 2. The van der Waals surface area contributed by atoms with Gasteiger partial charge in [-0.2, -0.15) is 8.78 Å². The molecule has 0 spiro atoms. The van der Waals surface area contributed by atoms with Crippen molar-refractivity contribution in [1.29, 1.82) is 0 Å². The molecule has 0 N–H and O–H groups in total. The van der Waals surface area contributed by atoms with Crippen molar-refractivity contribution in [2.75, 3.05) is 0 Å². The summed E-state index contributed by atoms with van der Waals surface area (Å²) >= 11 is 0. The quantitative estimate of drug-likeness (QED) is 0.105. The van der Waals surface area contributed by atoms with Crippen LogP contribution in [0.15, 0.2) is 61.2 Å². The fourth-order valence-electron chi connectivity index (χ4n) is 4.35. The minimum absolute atomic E-state index is 0.217. The SMILES string of the molecule is C=CCCc1cc(F)c(-c2cc(F)c(C(F)(F)Oc3cc(F)c(C#Cc4cc(F)c(OC(F)(F)F)c(F)c4)cc3C)c(F)c2)c(F)c1. The van der Waals surface area contributed by atoms with Gasteiger partial charge in [-0.05, 0) is 78.9 Å². The Balaban J connectivity index is 1.61. The Labute approximate surface area is 258 Å². The molecule has 0 aromatic heterocycles. The number of ether oxygens (including phenoxy) is 2. The van der Waals surface area contributed by atoms with E-state index < -0.39 is 92.5 Å². The summed E-state index contributed by atoms with van der Waals surface area (Å²) in [5, 5.41) is 0. The summed E-state index contributed by atoms with van der Waals surface area (Å²) in [4.78, 5) is 0. The number of rotatable bonds is 8. The molecule has 0 atom stereocenters. The van der Waals surface area contributed by atoms with Gasteiger partial charge in [-0.25, -0.2) is 30.7 Å². The van der Waals surface area contributed by atoms with Gasteiger partial charge in [0, 0.05) is 11.6 Å². The van der Waals surface area contributed by atoms with Gasteiger partial charge in [-0.3, -0.25) is 0 Å². The summed E-state index contributed by atoms with van der Waals surface area (Å²) in [7, 11) is 0. The first-order valence-corrected chi connectivity index (χ1v) is 13.1. The molecule has 0 bridgehead atoms. The molecule has 0 heterocycles. The van der Waals surface area contributed by atoms with Crippen LogP contribution in [0.5, 0.6) is 11.5 Å². The maximum Gasteiger partial charge on any atom is 0.573 e. The third-order valence-corrected chi connectivity index (χ3v) is 6.42. The molecule has 0 amide bonds. The molecule has 0 aliphatic rings. The molecule has 0 unspecified atom stereocenters. The van der Waals surface area contributed by atoms with Crippen LogP contribution in [-0.4, -0.2) is 6.36 Å². The van der Waals surface area contributed by atoms with Gasteiger partial charge in [0.05, 0.1) is 11.1 Å². The maximum absolute atomic E-state index is 15.1. The van der Waals surface area contributed by atoms with Gasteiger partial charge in [0.2, 0.25) is 5.75 Å². The van der Waals surface area contributed by atoms with E-state index in [4.69, 9.17) is 0 Å². The minimum Gasteiger partial charge on any atom is -0.428 e. The molecule has 0 fully saturated rings. The van der Waals surface area contributed by atoms with E-state index >= 15 is 8.78 Å². The highest BCUT2D eigenvalue weighted by Gasteiger charge is 2.42. The lowest BCUT2D eigenvalue weighted by Crippen LogP contribution is -2.25. The lowest BCUT2D eigenvalue weighted by Gasteiger charge is -2.21. The lowest BCUT2D eigenvalue weighted by atomic mass is 9.98. The second-order valence-corrected chi connectivity index (χ2v) is 9.86. The summed E-state index contributed by atoms with van der Waals surface area (Å²) in [6.45, 7) is 4.60.